The van der Waals surface area contributed by atoms with Crippen LogP contribution in [0.25, 0.3) is 0 Å². The Kier molecular flexibility index (Phi) is 4.20. The van der Waals surface area contributed by atoms with Crippen molar-refractivity contribution in [2.45, 2.75) is 30.7 Å². The zero-order chi connectivity index (χ0) is 14.0. The molecule has 0 fully saturated rings. The Hall–Kier alpha value is -1.31. The summed E-state index contributed by atoms with van der Waals surface area (Å²) in [7, 11) is -3.77. The lowest BCUT2D eigenvalue weighted by molar-refractivity contribution is 0.219. The van der Waals surface area contributed by atoms with Gasteiger partial charge in [0.15, 0.2) is 0 Å². The summed E-state index contributed by atoms with van der Waals surface area (Å²) < 4.78 is 22.5. The molecule has 1 aromatic rings. The summed E-state index contributed by atoms with van der Waals surface area (Å²) in [6, 6.07) is 4.18. The predicted octanol–water partition coefficient (Wildman–Crippen LogP) is 0.489. The molecule has 1 atom stereocenters. The number of hydrogen-bond acceptors (Lipinski definition) is 5. The SMILES string of the molecule is CCC(C)(CO)Nc1cc(S(N)(=O)=O)ccc1N. The Morgan fingerprint density at radius 1 is 1.44 bits per heavy atom. The number of primary sulfonamides is 1. The van der Waals surface area contributed by atoms with Crippen molar-refractivity contribution in [2.24, 2.45) is 5.14 Å². The van der Waals surface area contributed by atoms with Gasteiger partial charge in [-0.05, 0) is 31.5 Å². The summed E-state index contributed by atoms with van der Waals surface area (Å²) in [5.41, 5.74) is 6.05. The first-order valence-corrected chi connectivity index (χ1v) is 7.08. The highest BCUT2D eigenvalue weighted by atomic mass is 32.2. The molecule has 0 amide bonds. The number of aliphatic hydroxyl groups excluding tert-OH is 1. The van der Waals surface area contributed by atoms with Crippen molar-refractivity contribution in [3.8, 4) is 0 Å². The van der Waals surface area contributed by atoms with Gasteiger partial charge in [0.2, 0.25) is 10.0 Å². The molecule has 0 heterocycles. The predicted molar refractivity (Wildman–Crippen MR) is 71.6 cm³/mol. The Morgan fingerprint density at radius 2 is 2.06 bits per heavy atom. The second-order valence-corrected chi connectivity index (χ2v) is 6.05. The summed E-state index contributed by atoms with van der Waals surface area (Å²) in [5.74, 6) is 0. The third kappa shape index (κ3) is 3.34. The maximum Gasteiger partial charge on any atom is 0.238 e. The molecule has 0 radical (unpaired) electrons. The van der Waals surface area contributed by atoms with Crippen molar-refractivity contribution in [1.82, 2.24) is 0 Å². The summed E-state index contributed by atoms with van der Waals surface area (Å²) in [6.07, 6.45) is 0.655. The molecule has 1 rings (SSSR count). The molecule has 0 saturated heterocycles. The number of nitrogens with two attached hydrogens (primary N) is 2. The molecule has 1 aromatic carbocycles. The van der Waals surface area contributed by atoms with E-state index < -0.39 is 15.6 Å². The molecule has 0 aliphatic carbocycles. The van der Waals surface area contributed by atoms with Crippen LogP contribution in [-0.4, -0.2) is 25.7 Å². The van der Waals surface area contributed by atoms with Crippen LogP contribution in [-0.2, 0) is 10.0 Å². The first-order valence-electron chi connectivity index (χ1n) is 5.53. The highest BCUT2D eigenvalue weighted by Gasteiger charge is 2.22. The number of anilines is 2. The van der Waals surface area contributed by atoms with Crippen LogP contribution < -0.4 is 16.2 Å². The summed E-state index contributed by atoms with van der Waals surface area (Å²) in [6.45, 7) is 3.63. The first-order chi connectivity index (χ1) is 8.22. The molecule has 0 saturated carbocycles. The number of nitrogens with one attached hydrogen (secondary N) is 1. The van der Waals surface area contributed by atoms with E-state index in [2.05, 4.69) is 5.32 Å². The summed E-state index contributed by atoms with van der Waals surface area (Å²) >= 11 is 0. The maximum absolute atomic E-state index is 11.3. The van der Waals surface area contributed by atoms with Crippen molar-refractivity contribution in [3.05, 3.63) is 18.2 Å². The Labute approximate surface area is 107 Å². The molecule has 0 spiro atoms. The van der Waals surface area contributed by atoms with E-state index in [1.807, 2.05) is 13.8 Å². The van der Waals surface area contributed by atoms with E-state index in [0.29, 0.717) is 17.8 Å². The third-order valence-electron chi connectivity index (χ3n) is 2.92. The van der Waals surface area contributed by atoms with Crippen molar-refractivity contribution >= 4 is 21.4 Å². The Morgan fingerprint density at radius 3 is 2.50 bits per heavy atom. The van der Waals surface area contributed by atoms with Gasteiger partial charge in [-0.25, -0.2) is 13.6 Å². The van der Waals surface area contributed by atoms with Crippen LogP contribution in [0.1, 0.15) is 20.3 Å². The zero-order valence-electron chi connectivity index (χ0n) is 10.5. The number of sulfonamides is 1. The molecule has 6 nitrogen and oxygen atoms in total. The van der Waals surface area contributed by atoms with Gasteiger partial charge in [0.25, 0.3) is 0 Å². The number of nitrogen functional groups attached to an aromatic ring is 1. The molecule has 0 aromatic heterocycles. The fourth-order valence-corrected chi connectivity index (χ4v) is 1.93. The largest absolute Gasteiger partial charge is 0.397 e. The van der Waals surface area contributed by atoms with E-state index in [-0.39, 0.29) is 11.5 Å². The standard InChI is InChI=1S/C11H19N3O3S/c1-3-11(2,7-15)14-10-6-8(18(13,16)17)4-5-9(10)12/h4-6,14-15H,3,7,12H2,1-2H3,(H2,13,16,17). The average Bonchev–Trinajstić information content (AvgIpc) is 2.30. The van der Waals surface area contributed by atoms with Gasteiger partial charge in [0, 0.05) is 0 Å². The highest BCUT2D eigenvalue weighted by molar-refractivity contribution is 7.89. The highest BCUT2D eigenvalue weighted by Crippen LogP contribution is 2.26. The average molecular weight is 273 g/mol. The minimum atomic E-state index is -3.77. The van der Waals surface area contributed by atoms with Crippen LogP contribution in [0.15, 0.2) is 23.1 Å². The lowest BCUT2D eigenvalue weighted by Gasteiger charge is -2.29. The fraction of sp³-hybridized carbons (Fsp3) is 0.455. The second-order valence-electron chi connectivity index (χ2n) is 4.49. The van der Waals surface area contributed by atoms with Gasteiger partial charge in [-0.2, -0.15) is 0 Å². The lowest BCUT2D eigenvalue weighted by Crippen LogP contribution is -2.38. The molecular weight excluding hydrogens is 254 g/mol. The lowest BCUT2D eigenvalue weighted by atomic mass is 9.99. The molecule has 1 unspecified atom stereocenters. The number of hydrogen-bond donors (Lipinski definition) is 4. The van der Waals surface area contributed by atoms with Crippen LogP contribution in [0.3, 0.4) is 0 Å². The smallest absolute Gasteiger partial charge is 0.238 e. The van der Waals surface area contributed by atoms with E-state index in [1.54, 1.807) is 0 Å². The van der Waals surface area contributed by atoms with Crippen LogP contribution in [0, 0.1) is 0 Å². The minimum Gasteiger partial charge on any atom is -0.397 e. The van der Waals surface area contributed by atoms with Crippen molar-refractivity contribution in [2.75, 3.05) is 17.7 Å². The van der Waals surface area contributed by atoms with Gasteiger partial charge in [0.05, 0.1) is 28.4 Å². The van der Waals surface area contributed by atoms with Crippen LogP contribution in [0.4, 0.5) is 11.4 Å². The van der Waals surface area contributed by atoms with Gasteiger partial charge >= 0.3 is 0 Å². The first kappa shape index (κ1) is 14.7. The van der Waals surface area contributed by atoms with Crippen molar-refractivity contribution in [1.29, 1.82) is 0 Å². The van der Waals surface area contributed by atoms with Gasteiger partial charge in [-0.3, -0.25) is 0 Å². The Bertz CT molecular complexity index is 524. The van der Waals surface area contributed by atoms with E-state index in [0.717, 1.165) is 0 Å². The molecule has 0 aliphatic rings. The van der Waals surface area contributed by atoms with Crippen LogP contribution in [0.2, 0.25) is 0 Å². The van der Waals surface area contributed by atoms with Gasteiger partial charge < -0.3 is 16.2 Å². The molecule has 18 heavy (non-hydrogen) atoms. The molecule has 0 bridgehead atoms. The van der Waals surface area contributed by atoms with E-state index in [4.69, 9.17) is 10.9 Å². The number of aliphatic hydroxyl groups is 1. The maximum atomic E-state index is 11.3. The van der Waals surface area contributed by atoms with Gasteiger partial charge in [0.1, 0.15) is 0 Å². The zero-order valence-corrected chi connectivity index (χ0v) is 11.3. The molecular formula is C11H19N3O3S. The van der Waals surface area contributed by atoms with Crippen LogP contribution >= 0.6 is 0 Å². The van der Waals surface area contributed by atoms with Crippen LogP contribution in [0.5, 0.6) is 0 Å². The Balaban J connectivity index is 3.17. The second kappa shape index (κ2) is 5.13. The van der Waals surface area contributed by atoms with E-state index in [1.165, 1.54) is 18.2 Å². The topological polar surface area (TPSA) is 118 Å². The third-order valence-corrected chi connectivity index (χ3v) is 3.83. The monoisotopic (exact) mass is 273 g/mol. The van der Waals surface area contributed by atoms with E-state index in [9.17, 15) is 13.5 Å². The number of benzene rings is 1. The van der Waals surface area contributed by atoms with E-state index >= 15 is 0 Å². The normalized spacial score (nSPS) is 15.1. The quantitative estimate of drug-likeness (QED) is 0.582. The van der Waals surface area contributed by atoms with Crippen molar-refractivity contribution in [3.63, 3.8) is 0 Å². The summed E-state index contributed by atoms with van der Waals surface area (Å²) in [4.78, 5) is -0.0180. The molecule has 102 valence electrons. The van der Waals surface area contributed by atoms with Gasteiger partial charge in [-0.15, -0.1) is 0 Å². The molecule has 7 heteroatoms. The molecule has 0 aliphatic heterocycles. The van der Waals surface area contributed by atoms with Crippen molar-refractivity contribution < 1.29 is 13.5 Å². The van der Waals surface area contributed by atoms with Gasteiger partial charge in [-0.1, -0.05) is 6.92 Å². The fourth-order valence-electron chi connectivity index (χ4n) is 1.39. The molecule has 6 N–H and O–H groups in total. The minimum absolute atomic E-state index is 0.0180. The summed E-state index contributed by atoms with van der Waals surface area (Å²) in [5, 5.41) is 17.4. The number of rotatable bonds is 5.